The molecule has 1 aromatic rings. The fraction of sp³-hybridized carbons (Fsp3) is 0.400. The van der Waals surface area contributed by atoms with Crippen LogP contribution in [0.2, 0.25) is 0 Å². The van der Waals surface area contributed by atoms with Crippen molar-refractivity contribution in [2.75, 3.05) is 0 Å². The van der Waals surface area contributed by atoms with Crippen LogP contribution >= 0.6 is 11.6 Å². The van der Waals surface area contributed by atoms with Crippen LogP contribution in [0.15, 0.2) is 17.7 Å². The molecule has 0 saturated carbocycles. The van der Waals surface area contributed by atoms with E-state index in [1.54, 1.807) is 32.9 Å². The summed E-state index contributed by atoms with van der Waals surface area (Å²) in [6.07, 6.45) is -4.13. The van der Waals surface area contributed by atoms with Gasteiger partial charge in [-0.3, -0.25) is 0 Å². The van der Waals surface area contributed by atoms with Gasteiger partial charge >= 0.3 is 17.2 Å². The van der Waals surface area contributed by atoms with Crippen LogP contribution in [0.25, 0.3) is 6.08 Å². The molecular formula is C15H14ClF3O3. The summed E-state index contributed by atoms with van der Waals surface area (Å²) >= 11 is 5.57. The van der Waals surface area contributed by atoms with E-state index in [0.717, 1.165) is 6.08 Å². The summed E-state index contributed by atoms with van der Waals surface area (Å²) in [7, 11) is 0. The molecule has 120 valence electrons. The molecule has 1 unspecified atom stereocenters. The molecule has 0 fully saturated rings. The zero-order chi connectivity index (χ0) is 16.9. The van der Waals surface area contributed by atoms with Gasteiger partial charge in [-0.25, -0.2) is 4.79 Å². The third-order valence-corrected chi connectivity index (χ3v) is 4.03. The van der Waals surface area contributed by atoms with E-state index < -0.39 is 22.8 Å². The summed E-state index contributed by atoms with van der Waals surface area (Å²) < 4.78 is 44.9. The standard InChI is InChI=1S/C15H14ClF3O3/c1-7(2)9-5-4-8(3)10-6-11(13(20)21)14(16,15(17,18)19)22-12(9)10/h4-7H,1-3H3,(H,20,21). The zero-order valence-corrected chi connectivity index (χ0v) is 12.8. The lowest BCUT2D eigenvalue weighted by Gasteiger charge is -2.36. The van der Waals surface area contributed by atoms with Crippen molar-refractivity contribution in [1.29, 1.82) is 0 Å². The van der Waals surface area contributed by atoms with Gasteiger partial charge in [0, 0.05) is 5.56 Å². The van der Waals surface area contributed by atoms with Crippen molar-refractivity contribution >= 4 is 23.6 Å². The molecule has 0 aliphatic carbocycles. The van der Waals surface area contributed by atoms with E-state index in [9.17, 15) is 18.0 Å². The highest BCUT2D eigenvalue weighted by molar-refractivity contribution is 6.29. The number of halogens is 4. The Morgan fingerprint density at radius 2 is 1.95 bits per heavy atom. The van der Waals surface area contributed by atoms with Gasteiger partial charge < -0.3 is 9.84 Å². The highest BCUT2D eigenvalue weighted by Crippen LogP contribution is 2.50. The van der Waals surface area contributed by atoms with E-state index in [1.807, 2.05) is 0 Å². The summed E-state index contributed by atoms with van der Waals surface area (Å²) in [6.45, 7) is 5.26. The lowest BCUT2D eigenvalue weighted by molar-refractivity contribution is -0.204. The Morgan fingerprint density at radius 3 is 2.41 bits per heavy atom. The van der Waals surface area contributed by atoms with Gasteiger partial charge in [0.2, 0.25) is 0 Å². The zero-order valence-electron chi connectivity index (χ0n) is 12.1. The average Bonchev–Trinajstić information content (AvgIpc) is 2.36. The predicted octanol–water partition coefficient (Wildman–Crippen LogP) is 4.48. The van der Waals surface area contributed by atoms with Crippen LogP contribution in [-0.4, -0.2) is 22.3 Å². The van der Waals surface area contributed by atoms with E-state index in [4.69, 9.17) is 21.4 Å². The largest absolute Gasteiger partial charge is 0.478 e. The van der Waals surface area contributed by atoms with Crippen molar-refractivity contribution in [3.05, 3.63) is 34.4 Å². The molecule has 2 rings (SSSR count). The second kappa shape index (κ2) is 5.19. The summed E-state index contributed by atoms with van der Waals surface area (Å²) in [5.41, 5.74) is 0.414. The van der Waals surface area contributed by atoms with Crippen LogP contribution < -0.4 is 4.74 Å². The normalized spacial score (nSPS) is 21.2. The van der Waals surface area contributed by atoms with Crippen LogP contribution in [0.5, 0.6) is 5.75 Å². The van der Waals surface area contributed by atoms with Crippen LogP contribution in [0.4, 0.5) is 13.2 Å². The first kappa shape index (κ1) is 16.7. The van der Waals surface area contributed by atoms with E-state index in [-0.39, 0.29) is 11.7 Å². The lowest BCUT2D eigenvalue weighted by atomic mass is 9.91. The quantitative estimate of drug-likeness (QED) is 0.811. The van der Waals surface area contributed by atoms with Crippen molar-refractivity contribution in [2.45, 2.75) is 37.9 Å². The van der Waals surface area contributed by atoms with Crippen molar-refractivity contribution in [3.63, 3.8) is 0 Å². The van der Waals surface area contributed by atoms with Gasteiger partial charge in [-0.05, 0) is 30.0 Å². The van der Waals surface area contributed by atoms with E-state index in [2.05, 4.69) is 0 Å². The predicted molar refractivity (Wildman–Crippen MR) is 76.1 cm³/mol. The van der Waals surface area contributed by atoms with Crippen LogP contribution in [0.1, 0.15) is 36.5 Å². The smallest absolute Gasteiger partial charge is 0.448 e. The Bertz CT molecular complexity index is 665. The van der Waals surface area contributed by atoms with Crippen molar-refractivity contribution < 1.29 is 27.8 Å². The van der Waals surface area contributed by atoms with Gasteiger partial charge in [0.25, 0.3) is 0 Å². The SMILES string of the molecule is Cc1ccc(C(C)C)c2c1C=C(C(=O)O)C(Cl)(C(F)(F)F)O2. The molecule has 22 heavy (non-hydrogen) atoms. The summed E-state index contributed by atoms with van der Waals surface area (Å²) in [5, 5.41) is 5.70. The fourth-order valence-electron chi connectivity index (χ4n) is 2.31. The van der Waals surface area contributed by atoms with Gasteiger partial charge in [0.05, 0.1) is 0 Å². The minimum atomic E-state index is -5.07. The first-order chi connectivity index (χ1) is 9.99. The summed E-state index contributed by atoms with van der Waals surface area (Å²) in [4.78, 5) is 11.2. The van der Waals surface area contributed by atoms with Gasteiger partial charge in [-0.1, -0.05) is 37.6 Å². The third-order valence-electron chi connectivity index (χ3n) is 3.54. The number of carboxylic acid groups (broad SMARTS) is 1. The molecule has 1 heterocycles. The topological polar surface area (TPSA) is 46.5 Å². The highest BCUT2D eigenvalue weighted by Gasteiger charge is 2.62. The Labute approximate surface area is 130 Å². The first-order valence-electron chi connectivity index (χ1n) is 6.52. The van der Waals surface area contributed by atoms with Gasteiger partial charge in [0.15, 0.2) is 0 Å². The lowest BCUT2D eigenvalue weighted by Crippen LogP contribution is -2.50. The molecule has 0 radical (unpaired) electrons. The first-order valence-corrected chi connectivity index (χ1v) is 6.90. The molecule has 0 spiro atoms. The molecule has 3 nitrogen and oxygen atoms in total. The molecule has 1 N–H and O–H groups in total. The number of carbonyl (C=O) groups is 1. The van der Waals surface area contributed by atoms with Crippen LogP contribution in [0.3, 0.4) is 0 Å². The second-order valence-corrected chi connectivity index (χ2v) is 5.96. The number of carboxylic acids is 1. The Balaban J connectivity index is 2.78. The van der Waals surface area contributed by atoms with Gasteiger partial charge in [0.1, 0.15) is 11.3 Å². The fourth-order valence-corrected chi connectivity index (χ4v) is 2.52. The third kappa shape index (κ3) is 2.45. The number of hydrogen-bond acceptors (Lipinski definition) is 2. The number of alkyl halides is 4. The summed E-state index contributed by atoms with van der Waals surface area (Å²) in [5.74, 6) is -1.90. The molecule has 0 aromatic heterocycles. The highest BCUT2D eigenvalue weighted by atomic mass is 35.5. The molecule has 1 atom stereocenters. The minimum absolute atomic E-state index is 0.0210. The monoisotopic (exact) mass is 334 g/mol. The minimum Gasteiger partial charge on any atom is -0.478 e. The number of fused-ring (bicyclic) bond motifs is 1. The number of ether oxygens (including phenoxy) is 1. The van der Waals surface area contributed by atoms with E-state index >= 15 is 0 Å². The molecule has 0 saturated heterocycles. The van der Waals surface area contributed by atoms with E-state index in [0.29, 0.717) is 16.7 Å². The maximum absolute atomic E-state index is 13.3. The Hall–Kier alpha value is -1.69. The molecule has 1 aromatic carbocycles. The molecule has 7 heteroatoms. The maximum atomic E-state index is 13.3. The molecule has 1 aliphatic rings. The number of aliphatic carboxylic acids is 1. The molecule has 0 amide bonds. The maximum Gasteiger partial charge on any atom is 0.448 e. The average molecular weight is 335 g/mol. The number of benzene rings is 1. The molecular weight excluding hydrogens is 321 g/mol. The van der Waals surface area contributed by atoms with Crippen LogP contribution in [0, 0.1) is 6.92 Å². The van der Waals surface area contributed by atoms with Gasteiger partial charge in [-0.2, -0.15) is 13.2 Å². The molecule has 1 aliphatic heterocycles. The number of rotatable bonds is 2. The second-order valence-electron chi connectivity index (χ2n) is 5.43. The number of hydrogen-bond donors (Lipinski definition) is 1. The Morgan fingerprint density at radius 1 is 1.36 bits per heavy atom. The molecule has 0 bridgehead atoms. The number of aryl methyl sites for hydroxylation is 1. The van der Waals surface area contributed by atoms with Crippen LogP contribution in [-0.2, 0) is 4.79 Å². The Kier molecular flexibility index (Phi) is 3.94. The van der Waals surface area contributed by atoms with Crippen molar-refractivity contribution in [2.24, 2.45) is 0 Å². The van der Waals surface area contributed by atoms with Gasteiger partial charge in [-0.15, -0.1) is 0 Å². The van der Waals surface area contributed by atoms with E-state index in [1.165, 1.54) is 0 Å². The van der Waals surface area contributed by atoms with Crippen molar-refractivity contribution in [3.8, 4) is 5.75 Å². The summed E-state index contributed by atoms with van der Waals surface area (Å²) in [6, 6.07) is 3.37. The van der Waals surface area contributed by atoms with Crippen molar-refractivity contribution in [1.82, 2.24) is 0 Å².